The average Bonchev–Trinajstić information content (AvgIpc) is 2.08. The van der Waals surface area contributed by atoms with Gasteiger partial charge in [-0.2, -0.15) is 0 Å². The van der Waals surface area contributed by atoms with E-state index >= 15 is 0 Å². The van der Waals surface area contributed by atoms with Gasteiger partial charge in [-0.15, -0.1) is 0 Å². The van der Waals surface area contributed by atoms with Crippen LogP contribution >= 0.6 is 15.9 Å². The molecule has 0 aliphatic carbocycles. The Morgan fingerprint density at radius 2 is 2.00 bits per heavy atom. The van der Waals surface area contributed by atoms with Gasteiger partial charge in [-0.05, 0) is 63.7 Å². The van der Waals surface area contributed by atoms with Crippen LogP contribution in [0, 0.1) is 6.92 Å². The summed E-state index contributed by atoms with van der Waals surface area (Å²) in [6.07, 6.45) is 2.41. The van der Waals surface area contributed by atoms with Crippen molar-refractivity contribution in [2.45, 2.75) is 19.8 Å². The van der Waals surface area contributed by atoms with Gasteiger partial charge in [0.05, 0.1) is 0 Å². The largest absolute Gasteiger partial charge is 0.309 e. The molecule has 0 aliphatic heterocycles. The molecule has 0 unspecified atom stereocenters. The second-order valence-electron chi connectivity index (χ2n) is 3.98. The number of halogens is 1. The molecule has 1 rings (SSSR count). The number of nitrogens with zero attached hydrogens (tertiary/aromatic N) is 1. The van der Waals surface area contributed by atoms with E-state index in [1.807, 2.05) is 0 Å². The third-order valence-electron chi connectivity index (χ3n) is 2.36. The Kier molecular flexibility index (Phi) is 4.63. The fourth-order valence-electron chi connectivity index (χ4n) is 1.53. The molecule has 0 atom stereocenters. The smallest absolute Gasteiger partial charge is 0.0178 e. The number of rotatable bonds is 4. The predicted molar refractivity (Wildman–Crippen MR) is 65.8 cm³/mol. The zero-order valence-electron chi connectivity index (χ0n) is 9.18. The number of hydrogen-bond donors (Lipinski definition) is 0. The van der Waals surface area contributed by atoms with Crippen molar-refractivity contribution in [2.75, 3.05) is 20.6 Å². The molecule has 0 heterocycles. The van der Waals surface area contributed by atoms with Crippen LogP contribution in [0.25, 0.3) is 0 Å². The first-order chi connectivity index (χ1) is 6.59. The van der Waals surface area contributed by atoms with Gasteiger partial charge in [-0.3, -0.25) is 0 Å². The molecule has 0 fully saturated rings. The molecular formula is C12H18BrN. The topological polar surface area (TPSA) is 3.24 Å². The monoisotopic (exact) mass is 255 g/mol. The lowest BCUT2D eigenvalue weighted by Crippen LogP contribution is -2.13. The highest BCUT2D eigenvalue weighted by Gasteiger charge is 1.99. The van der Waals surface area contributed by atoms with Crippen molar-refractivity contribution in [3.8, 4) is 0 Å². The summed E-state index contributed by atoms with van der Waals surface area (Å²) in [6.45, 7) is 3.34. The number of aryl methyl sites for hydroxylation is 2. The summed E-state index contributed by atoms with van der Waals surface area (Å²) in [7, 11) is 4.24. The molecule has 0 saturated heterocycles. The van der Waals surface area contributed by atoms with E-state index in [0.717, 1.165) is 6.54 Å². The van der Waals surface area contributed by atoms with Gasteiger partial charge in [0.2, 0.25) is 0 Å². The minimum absolute atomic E-state index is 1.16. The number of benzene rings is 1. The van der Waals surface area contributed by atoms with Crippen LogP contribution in [0.2, 0.25) is 0 Å². The molecule has 0 N–H and O–H groups in total. The first-order valence-electron chi connectivity index (χ1n) is 4.99. The number of hydrogen-bond acceptors (Lipinski definition) is 1. The van der Waals surface area contributed by atoms with Crippen LogP contribution in [0.3, 0.4) is 0 Å². The summed E-state index contributed by atoms with van der Waals surface area (Å²) >= 11 is 3.48. The standard InChI is InChI=1S/C12H18BrN/c1-10-9-12(13)7-6-11(10)5-4-8-14(2)3/h6-7,9H,4-5,8H2,1-3H3. The molecule has 0 bridgehead atoms. The third-order valence-corrected chi connectivity index (χ3v) is 2.85. The average molecular weight is 256 g/mol. The van der Waals surface area contributed by atoms with Crippen molar-refractivity contribution < 1.29 is 0 Å². The lowest BCUT2D eigenvalue weighted by atomic mass is 10.0. The van der Waals surface area contributed by atoms with Gasteiger partial charge >= 0.3 is 0 Å². The van der Waals surface area contributed by atoms with E-state index in [0.29, 0.717) is 0 Å². The zero-order valence-corrected chi connectivity index (χ0v) is 10.8. The predicted octanol–water partition coefficient (Wildman–Crippen LogP) is 3.25. The van der Waals surface area contributed by atoms with Gasteiger partial charge in [-0.1, -0.05) is 22.0 Å². The van der Waals surface area contributed by atoms with Gasteiger partial charge in [-0.25, -0.2) is 0 Å². The first kappa shape index (κ1) is 11.7. The normalized spacial score (nSPS) is 10.9. The Bertz CT molecular complexity index is 294. The maximum atomic E-state index is 3.48. The van der Waals surface area contributed by atoms with Crippen LogP contribution in [0.15, 0.2) is 22.7 Å². The molecular weight excluding hydrogens is 238 g/mol. The molecule has 0 spiro atoms. The maximum Gasteiger partial charge on any atom is 0.0178 e. The molecule has 78 valence electrons. The molecule has 0 amide bonds. The summed E-state index contributed by atoms with van der Waals surface area (Å²) < 4.78 is 1.17. The van der Waals surface area contributed by atoms with E-state index in [4.69, 9.17) is 0 Å². The Balaban J connectivity index is 2.51. The first-order valence-corrected chi connectivity index (χ1v) is 5.78. The van der Waals surface area contributed by atoms with Gasteiger partial charge in [0.15, 0.2) is 0 Å². The maximum absolute atomic E-state index is 3.48. The lowest BCUT2D eigenvalue weighted by molar-refractivity contribution is 0.400. The van der Waals surface area contributed by atoms with E-state index in [2.05, 4.69) is 60.0 Å². The van der Waals surface area contributed by atoms with Crippen LogP contribution < -0.4 is 0 Å². The highest BCUT2D eigenvalue weighted by atomic mass is 79.9. The molecule has 1 aromatic carbocycles. The van der Waals surface area contributed by atoms with Gasteiger partial charge in [0.1, 0.15) is 0 Å². The lowest BCUT2D eigenvalue weighted by Gasteiger charge is -2.10. The Morgan fingerprint density at radius 3 is 2.57 bits per heavy atom. The Labute approximate surface area is 95.2 Å². The van der Waals surface area contributed by atoms with E-state index in [9.17, 15) is 0 Å². The highest BCUT2D eigenvalue weighted by molar-refractivity contribution is 9.10. The van der Waals surface area contributed by atoms with Gasteiger partial charge < -0.3 is 4.90 Å². The summed E-state index contributed by atoms with van der Waals surface area (Å²) in [5.41, 5.74) is 2.85. The van der Waals surface area contributed by atoms with E-state index < -0.39 is 0 Å². The fraction of sp³-hybridized carbons (Fsp3) is 0.500. The van der Waals surface area contributed by atoms with Crippen LogP contribution in [-0.4, -0.2) is 25.5 Å². The molecule has 14 heavy (non-hydrogen) atoms. The summed E-state index contributed by atoms with van der Waals surface area (Å²) in [5, 5.41) is 0. The molecule has 2 heteroatoms. The van der Waals surface area contributed by atoms with Crippen molar-refractivity contribution in [3.63, 3.8) is 0 Å². The fourth-order valence-corrected chi connectivity index (χ4v) is 2.00. The molecule has 1 nitrogen and oxygen atoms in total. The van der Waals surface area contributed by atoms with Crippen LogP contribution in [0.4, 0.5) is 0 Å². The van der Waals surface area contributed by atoms with E-state index in [-0.39, 0.29) is 0 Å². The van der Waals surface area contributed by atoms with Gasteiger partial charge in [0.25, 0.3) is 0 Å². The molecule has 0 radical (unpaired) electrons. The second-order valence-corrected chi connectivity index (χ2v) is 4.89. The van der Waals surface area contributed by atoms with Crippen molar-refractivity contribution >= 4 is 15.9 Å². The van der Waals surface area contributed by atoms with Crippen molar-refractivity contribution in [3.05, 3.63) is 33.8 Å². The van der Waals surface area contributed by atoms with Crippen LogP contribution in [0.1, 0.15) is 17.5 Å². The van der Waals surface area contributed by atoms with E-state index in [1.54, 1.807) is 0 Å². The molecule has 0 aliphatic rings. The zero-order chi connectivity index (χ0) is 10.6. The van der Waals surface area contributed by atoms with E-state index in [1.165, 1.54) is 28.4 Å². The minimum Gasteiger partial charge on any atom is -0.309 e. The molecule has 1 aromatic rings. The summed E-state index contributed by atoms with van der Waals surface area (Å²) in [6, 6.07) is 6.53. The van der Waals surface area contributed by atoms with Crippen LogP contribution in [-0.2, 0) is 6.42 Å². The third kappa shape index (κ3) is 3.81. The Morgan fingerprint density at radius 1 is 1.29 bits per heavy atom. The quantitative estimate of drug-likeness (QED) is 0.799. The van der Waals surface area contributed by atoms with Crippen molar-refractivity contribution in [1.29, 1.82) is 0 Å². The molecule has 0 aromatic heterocycles. The summed E-state index contributed by atoms with van der Waals surface area (Å²) in [5.74, 6) is 0. The van der Waals surface area contributed by atoms with Crippen molar-refractivity contribution in [2.24, 2.45) is 0 Å². The van der Waals surface area contributed by atoms with Crippen LogP contribution in [0.5, 0.6) is 0 Å². The summed E-state index contributed by atoms with van der Waals surface area (Å²) in [4.78, 5) is 2.23. The molecule has 0 saturated carbocycles. The minimum atomic E-state index is 1.16. The second kappa shape index (κ2) is 5.52. The highest BCUT2D eigenvalue weighted by Crippen LogP contribution is 2.16. The van der Waals surface area contributed by atoms with Crippen molar-refractivity contribution in [1.82, 2.24) is 4.90 Å². The SMILES string of the molecule is Cc1cc(Br)ccc1CCCN(C)C. The Hall–Kier alpha value is -0.340. The van der Waals surface area contributed by atoms with Gasteiger partial charge in [0, 0.05) is 4.47 Å².